The van der Waals surface area contributed by atoms with E-state index in [9.17, 15) is 15.0 Å². The lowest BCUT2D eigenvalue weighted by atomic mass is 9.83. The number of aromatic carboxylic acids is 1. The molecular formula is C18H21NO3. The van der Waals surface area contributed by atoms with E-state index in [0.29, 0.717) is 16.8 Å². The molecule has 0 saturated heterocycles. The van der Waals surface area contributed by atoms with Crippen LogP contribution in [0.1, 0.15) is 42.3 Å². The van der Waals surface area contributed by atoms with E-state index in [-0.39, 0.29) is 16.7 Å². The Morgan fingerprint density at radius 3 is 2.23 bits per heavy atom. The van der Waals surface area contributed by atoms with Gasteiger partial charge in [0.1, 0.15) is 11.3 Å². The second-order valence-electron chi connectivity index (χ2n) is 6.37. The van der Waals surface area contributed by atoms with Gasteiger partial charge in [0.15, 0.2) is 0 Å². The van der Waals surface area contributed by atoms with E-state index in [1.54, 1.807) is 6.92 Å². The molecule has 0 fully saturated rings. The third-order valence-electron chi connectivity index (χ3n) is 3.63. The average Bonchev–Trinajstić information content (AvgIpc) is 2.41. The lowest BCUT2D eigenvalue weighted by Gasteiger charge is -2.24. The molecule has 0 radical (unpaired) electrons. The van der Waals surface area contributed by atoms with Crippen LogP contribution in [0, 0.1) is 6.92 Å². The molecule has 0 amide bonds. The predicted octanol–water partition coefficient (Wildman–Crippen LogP) is 4.44. The van der Waals surface area contributed by atoms with Crippen molar-refractivity contribution >= 4 is 17.3 Å². The minimum atomic E-state index is -1.13. The van der Waals surface area contributed by atoms with Crippen molar-refractivity contribution in [2.24, 2.45) is 0 Å². The summed E-state index contributed by atoms with van der Waals surface area (Å²) < 4.78 is 0. The van der Waals surface area contributed by atoms with Crippen molar-refractivity contribution in [1.29, 1.82) is 0 Å². The molecule has 0 heterocycles. The van der Waals surface area contributed by atoms with Crippen molar-refractivity contribution < 1.29 is 15.0 Å². The van der Waals surface area contributed by atoms with Gasteiger partial charge in [-0.15, -0.1) is 0 Å². The fourth-order valence-corrected chi connectivity index (χ4v) is 2.41. The van der Waals surface area contributed by atoms with Crippen LogP contribution in [0.2, 0.25) is 0 Å². The van der Waals surface area contributed by atoms with Crippen molar-refractivity contribution in [2.75, 3.05) is 5.32 Å². The molecule has 0 spiro atoms. The van der Waals surface area contributed by atoms with Crippen LogP contribution >= 0.6 is 0 Å². The molecule has 2 rings (SSSR count). The summed E-state index contributed by atoms with van der Waals surface area (Å²) >= 11 is 0. The summed E-state index contributed by atoms with van der Waals surface area (Å²) in [5, 5.41) is 23.0. The summed E-state index contributed by atoms with van der Waals surface area (Å²) in [6.45, 7) is 7.51. The molecule has 0 aliphatic heterocycles. The van der Waals surface area contributed by atoms with E-state index in [4.69, 9.17) is 0 Å². The van der Waals surface area contributed by atoms with Crippen molar-refractivity contribution in [3.8, 4) is 5.75 Å². The third kappa shape index (κ3) is 3.06. The zero-order valence-electron chi connectivity index (χ0n) is 13.3. The number of carbonyl (C=O) groups is 1. The van der Waals surface area contributed by atoms with Crippen molar-refractivity contribution in [3.05, 3.63) is 53.1 Å². The van der Waals surface area contributed by atoms with Gasteiger partial charge in [-0.2, -0.15) is 0 Å². The molecule has 2 aromatic rings. The van der Waals surface area contributed by atoms with Crippen LogP contribution in [0.3, 0.4) is 0 Å². The number of aromatic hydroxyl groups is 1. The van der Waals surface area contributed by atoms with Crippen LogP contribution in [-0.2, 0) is 5.41 Å². The van der Waals surface area contributed by atoms with E-state index < -0.39 is 5.97 Å². The normalized spacial score (nSPS) is 11.3. The zero-order chi connectivity index (χ0) is 16.5. The van der Waals surface area contributed by atoms with Gasteiger partial charge in [0, 0.05) is 16.9 Å². The average molecular weight is 299 g/mol. The number of carboxylic acids is 1. The number of para-hydroxylation sites is 1. The molecule has 4 nitrogen and oxygen atoms in total. The predicted molar refractivity (Wildman–Crippen MR) is 88.2 cm³/mol. The van der Waals surface area contributed by atoms with Crippen molar-refractivity contribution in [2.45, 2.75) is 33.1 Å². The Morgan fingerprint density at radius 2 is 1.73 bits per heavy atom. The van der Waals surface area contributed by atoms with Crippen LogP contribution in [-0.4, -0.2) is 16.2 Å². The maximum absolute atomic E-state index is 11.5. The molecule has 4 heteroatoms. The van der Waals surface area contributed by atoms with Crippen molar-refractivity contribution in [3.63, 3.8) is 0 Å². The highest BCUT2D eigenvalue weighted by Crippen LogP contribution is 2.39. The fraction of sp³-hybridized carbons (Fsp3) is 0.278. The number of phenols is 1. The smallest absolute Gasteiger partial charge is 0.339 e. The Hall–Kier alpha value is -2.49. The van der Waals surface area contributed by atoms with Gasteiger partial charge in [-0.3, -0.25) is 0 Å². The summed E-state index contributed by atoms with van der Waals surface area (Å²) in [6.07, 6.45) is 0. The van der Waals surface area contributed by atoms with E-state index in [0.717, 1.165) is 5.69 Å². The van der Waals surface area contributed by atoms with Crippen LogP contribution in [0.25, 0.3) is 0 Å². The molecule has 22 heavy (non-hydrogen) atoms. The second kappa shape index (κ2) is 5.72. The fourth-order valence-electron chi connectivity index (χ4n) is 2.41. The largest absolute Gasteiger partial charge is 0.507 e. The summed E-state index contributed by atoms with van der Waals surface area (Å²) in [5.74, 6) is -1.28. The first kappa shape index (κ1) is 15.9. The van der Waals surface area contributed by atoms with Gasteiger partial charge in [0.2, 0.25) is 0 Å². The molecule has 3 N–H and O–H groups in total. The molecule has 0 aliphatic carbocycles. The molecule has 116 valence electrons. The molecule has 0 aromatic heterocycles. The summed E-state index contributed by atoms with van der Waals surface area (Å²) in [4.78, 5) is 11.5. The van der Waals surface area contributed by atoms with Gasteiger partial charge in [-0.1, -0.05) is 39.0 Å². The Kier molecular flexibility index (Phi) is 4.13. The van der Waals surface area contributed by atoms with Gasteiger partial charge in [-0.25, -0.2) is 4.79 Å². The minimum Gasteiger partial charge on any atom is -0.507 e. The Balaban J connectivity index is 2.63. The Morgan fingerprint density at radius 1 is 1.14 bits per heavy atom. The number of benzene rings is 2. The zero-order valence-corrected chi connectivity index (χ0v) is 13.3. The summed E-state index contributed by atoms with van der Waals surface area (Å²) in [6, 6.07) is 11.4. The molecule has 0 bridgehead atoms. The minimum absolute atomic E-state index is 0.0501. The summed E-state index contributed by atoms with van der Waals surface area (Å²) in [7, 11) is 0. The Labute approximate surface area is 130 Å². The number of nitrogens with one attached hydrogen (secondary N) is 1. The number of anilines is 2. The third-order valence-corrected chi connectivity index (χ3v) is 3.63. The van der Waals surface area contributed by atoms with Crippen LogP contribution in [0.15, 0.2) is 36.4 Å². The highest BCUT2D eigenvalue weighted by molar-refractivity contribution is 5.95. The van der Waals surface area contributed by atoms with Crippen LogP contribution in [0.5, 0.6) is 5.75 Å². The van der Waals surface area contributed by atoms with E-state index >= 15 is 0 Å². The van der Waals surface area contributed by atoms with Crippen LogP contribution in [0.4, 0.5) is 11.4 Å². The number of rotatable bonds is 3. The van der Waals surface area contributed by atoms with Gasteiger partial charge >= 0.3 is 5.97 Å². The SMILES string of the molecule is Cc1c(Nc2ccccc2)cc(C(C)(C)C)c(O)c1C(=O)O. The maximum Gasteiger partial charge on any atom is 0.339 e. The molecule has 2 aromatic carbocycles. The van der Waals surface area contributed by atoms with Gasteiger partial charge in [0.25, 0.3) is 0 Å². The number of hydrogen-bond donors (Lipinski definition) is 3. The number of carboxylic acid groups (broad SMARTS) is 1. The monoisotopic (exact) mass is 299 g/mol. The molecule has 0 saturated carbocycles. The highest BCUT2D eigenvalue weighted by Gasteiger charge is 2.26. The highest BCUT2D eigenvalue weighted by atomic mass is 16.4. The van der Waals surface area contributed by atoms with Gasteiger partial charge in [0.05, 0.1) is 0 Å². The quantitative estimate of drug-likeness (QED) is 0.733. The topological polar surface area (TPSA) is 69.6 Å². The van der Waals surface area contributed by atoms with Gasteiger partial charge < -0.3 is 15.5 Å². The van der Waals surface area contributed by atoms with Crippen LogP contribution < -0.4 is 5.32 Å². The molecule has 0 unspecified atom stereocenters. The molecule has 0 aliphatic rings. The molecular weight excluding hydrogens is 278 g/mol. The first-order valence-corrected chi connectivity index (χ1v) is 7.14. The Bertz CT molecular complexity index is 701. The van der Waals surface area contributed by atoms with E-state index in [2.05, 4.69) is 5.32 Å². The van der Waals surface area contributed by atoms with Gasteiger partial charge in [-0.05, 0) is 36.1 Å². The lowest BCUT2D eigenvalue weighted by Crippen LogP contribution is -2.15. The number of hydrogen-bond acceptors (Lipinski definition) is 3. The lowest BCUT2D eigenvalue weighted by molar-refractivity contribution is 0.0692. The first-order chi connectivity index (χ1) is 10.2. The first-order valence-electron chi connectivity index (χ1n) is 7.14. The summed E-state index contributed by atoms with van der Waals surface area (Å²) in [5.41, 5.74) is 2.26. The second-order valence-corrected chi connectivity index (χ2v) is 6.37. The molecule has 0 atom stereocenters. The maximum atomic E-state index is 11.5. The van der Waals surface area contributed by atoms with Crippen molar-refractivity contribution in [1.82, 2.24) is 0 Å². The van der Waals surface area contributed by atoms with E-state index in [1.807, 2.05) is 57.2 Å². The standard InChI is InChI=1S/C18H21NO3/c1-11-14(19-12-8-6-5-7-9-12)10-13(18(2,3)4)16(20)15(11)17(21)22/h5-10,19-20H,1-4H3,(H,21,22). The van der Waals surface area contributed by atoms with E-state index in [1.165, 1.54) is 0 Å².